The molecule has 3 aromatic rings. The Bertz CT molecular complexity index is 924. The Hall–Kier alpha value is -2.53. The molecule has 0 radical (unpaired) electrons. The van der Waals surface area contributed by atoms with Crippen LogP contribution in [0.3, 0.4) is 0 Å². The smallest absolute Gasteiger partial charge is 0.279 e. The summed E-state index contributed by atoms with van der Waals surface area (Å²) in [5.74, 6) is -0.528. The van der Waals surface area contributed by atoms with Gasteiger partial charge in [-0.15, -0.1) is 11.3 Å². The van der Waals surface area contributed by atoms with Crippen molar-refractivity contribution in [2.24, 2.45) is 12.0 Å². The zero-order valence-corrected chi connectivity index (χ0v) is 14.3. The van der Waals surface area contributed by atoms with Crippen molar-refractivity contribution in [1.82, 2.24) is 4.57 Å². The molecular formula is C19H17FN2OS. The molecule has 2 aromatic carbocycles. The lowest BCUT2D eigenvalue weighted by atomic mass is 10.1. The summed E-state index contributed by atoms with van der Waals surface area (Å²) in [6.45, 7) is 2.06. The van der Waals surface area contributed by atoms with Crippen molar-refractivity contribution in [2.75, 3.05) is 0 Å². The number of rotatable bonds is 3. The van der Waals surface area contributed by atoms with Crippen LogP contribution in [0.25, 0.3) is 11.3 Å². The Morgan fingerprint density at radius 2 is 1.79 bits per heavy atom. The maximum absolute atomic E-state index is 13.2. The minimum absolute atomic E-state index is 0.263. The van der Waals surface area contributed by atoms with Crippen molar-refractivity contribution in [2.45, 2.75) is 13.3 Å². The number of aromatic nitrogens is 1. The van der Waals surface area contributed by atoms with Crippen LogP contribution in [0.2, 0.25) is 0 Å². The van der Waals surface area contributed by atoms with E-state index in [0.29, 0.717) is 10.4 Å². The fourth-order valence-corrected chi connectivity index (χ4v) is 3.61. The second-order valence-corrected chi connectivity index (χ2v) is 6.42. The number of halogens is 1. The van der Waals surface area contributed by atoms with Crippen LogP contribution in [0.15, 0.2) is 59.6 Å². The predicted molar refractivity (Wildman–Crippen MR) is 94.4 cm³/mol. The van der Waals surface area contributed by atoms with Gasteiger partial charge in [0.25, 0.3) is 5.91 Å². The highest BCUT2D eigenvalue weighted by Gasteiger charge is 2.13. The first-order chi connectivity index (χ1) is 11.6. The van der Waals surface area contributed by atoms with Gasteiger partial charge in [0, 0.05) is 17.5 Å². The SMILES string of the molecule is CCc1sc(=NC(=O)c2ccccc2)n(C)c1-c1ccc(F)cc1. The molecule has 5 heteroatoms. The lowest BCUT2D eigenvalue weighted by Gasteiger charge is -2.05. The van der Waals surface area contributed by atoms with Crippen LogP contribution in [-0.2, 0) is 13.5 Å². The average Bonchev–Trinajstić information content (AvgIpc) is 2.92. The van der Waals surface area contributed by atoms with Crippen molar-refractivity contribution < 1.29 is 9.18 Å². The number of benzene rings is 2. The summed E-state index contributed by atoms with van der Waals surface area (Å²) in [5.41, 5.74) is 2.45. The molecule has 3 nitrogen and oxygen atoms in total. The molecule has 0 aliphatic heterocycles. The van der Waals surface area contributed by atoms with E-state index in [-0.39, 0.29) is 11.7 Å². The number of nitrogens with zero attached hydrogens (tertiary/aromatic N) is 2. The second kappa shape index (κ2) is 6.93. The highest BCUT2D eigenvalue weighted by molar-refractivity contribution is 7.09. The van der Waals surface area contributed by atoms with Gasteiger partial charge in [0.05, 0.1) is 5.69 Å². The van der Waals surface area contributed by atoms with Crippen LogP contribution < -0.4 is 4.80 Å². The number of aryl methyl sites for hydroxylation is 1. The summed E-state index contributed by atoms with van der Waals surface area (Å²) in [6.07, 6.45) is 0.820. The molecule has 1 heterocycles. The summed E-state index contributed by atoms with van der Waals surface area (Å²) >= 11 is 1.49. The summed E-state index contributed by atoms with van der Waals surface area (Å²) in [5, 5.41) is 0. The van der Waals surface area contributed by atoms with Gasteiger partial charge < -0.3 is 4.57 Å². The molecule has 0 saturated carbocycles. The Morgan fingerprint density at radius 3 is 2.42 bits per heavy atom. The first-order valence-corrected chi connectivity index (χ1v) is 8.50. The van der Waals surface area contributed by atoms with E-state index in [0.717, 1.165) is 22.6 Å². The van der Waals surface area contributed by atoms with Gasteiger partial charge in [-0.3, -0.25) is 4.79 Å². The zero-order chi connectivity index (χ0) is 17.1. The van der Waals surface area contributed by atoms with Crippen molar-refractivity contribution in [1.29, 1.82) is 0 Å². The summed E-state index contributed by atoms with van der Waals surface area (Å²) in [4.78, 5) is 18.4. The normalized spacial score (nSPS) is 11.7. The molecule has 24 heavy (non-hydrogen) atoms. The highest BCUT2D eigenvalue weighted by Crippen LogP contribution is 2.26. The van der Waals surface area contributed by atoms with Crippen molar-refractivity contribution >= 4 is 17.2 Å². The first-order valence-electron chi connectivity index (χ1n) is 7.69. The lowest BCUT2D eigenvalue weighted by Crippen LogP contribution is -2.14. The minimum Gasteiger partial charge on any atom is -0.319 e. The van der Waals surface area contributed by atoms with E-state index in [1.165, 1.54) is 23.5 Å². The van der Waals surface area contributed by atoms with E-state index >= 15 is 0 Å². The lowest BCUT2D eigenvalue weighted by molar-refractivity contribution is 0.0998. The van der Waals surface area contributed by atoms with Gasteiger partial charge in [-0.1, -0.05) is 25.1 Å². The summed E-state index contributed by atoms with van der Waals surface area (Å²) in [6, 6.07) is 15.4. The van der Waals surface area contributed by atoms with Gasteiger partial charge in [0.1, 0.15) is 5.82 Å². The van der Waals surface area contributed by atoms with Crippen molar-refractivity contribution in [3.05, 3.63) is 75.7 Å². The standard InChI is InChI=1S/C19H17FN2OS/c1-3-16-17(13-9-11-15(20)12-10-13)22(2)19(24-16)21-18(23)14-7-5-4-6-8-14/h4-12H,3H2,1-2H3. The molecule has 0 N–H and O–H groups in total. The third-order valence-electron chi connectivity index (χ3n) is 3.76. The quantitative estimate of drug-likeness (QED) is 0.704. The van der Waals surface area contributed by atoms with Crippen LogP contribution in [-0.4, -0.2) is 10.5 Å². The Morgan fingerprint density at radius 1 is 1.12 bits per heavy atom. The van der Waals surface area contributed by atoms with Gasteiger partial charge in [-0.25, -0.2) is 4.39 Å². The van der Waals surface area contributed by atoms with E-state index in [4.69, 9.17) is 0 Å². The Labute approximate surface area is 143 Å². The molecule has 0 spiro atoms. The molecular weight excluding hydrogens is 323 g/mol. The number of hydrogen-bond donors (Lipinski definition) is 0. The number of thiazole rings is 1. The molecule has 0 unspecified atom stereocenters. The van der Waals surface area contributed by atoms with Crippen LogP contribution in [0.4, 0.5) is 4.39 Å². The molecule has 1 amide bonds. The third kappa shape index (κ3) is 3.21. The highest BCUT2D eigenvalue weighted by atomic mass is 32.1. The summed E-state index contributed by atoms with van der Waals surface area (Å²) in [7, 11) is 1.88. The average molecular weight is 340 g/mol. The predicted octanol–water partition coefficient (Wildman–Crippen LogP) is 4.20. The second-order valence-electron chi connectivity index (χ2n) is 5.36. The van der Waals surface area contributed by atoms with Crippen molar-refractivity contribution in [3.63, 3.8) is 0 Å². The van der Waals surface area contributed by atoms with Crippen LogP contribution in [0.1, 0.15) is 22.2 Å². The van der Waals surface area contributed by atoms with E-state index < -0.39 is 0 Å². The topological polar surface area (TPSA) is 34.4 Å². The molecule has 0 aliphatic rings. The van der Waals surface area contributed by atoms with Gasteiger partial charge in [0.2, 0.25) is 0 Å². The first kappa shape index (κ1) is 16.3. The fourth-order valence-electron chi connectivity index (χ4n) is 2.54. The number of carbonyl (C=O) groups is 1. The van der Waals surface area contributed by atoms with E-state index in [1.54, 1.807) is 24.3 Å². The molecule has 1 aromatic heterocycles. The van der Waals surface area contributed by atoms with Gasteiger partial charge in [-0.05, 0) is 48.4 Å². The van der Waals surface area contributed by atoms with E-state index in [1.807, 2.05) is 29.8 Å². The largest absolute Gasteiger partial charge is 0.319 e. The Kier molecular flexibility index (Phi) is 4.71. The number of hydrogen-bond acceptors (Lipinski definition) is 2. The maximum atomic E-state index is 13.2. The monoisotopic (exact) mass is 340 g/mol. The number of amides is 1. The van der Waals surface area contributed by atoms with Crippen molar-refractivity contribution in [3.8, 4) is 11.3 Å². The molecule has 122 valence electrons. The third-order valence-corrected chi connectivity index (χ3v) is 5.03. The van der Waals surface area contributed by atoms with Crippen LogP contribution >= 0.6 is 11.3 Å². The van der Waals surface area contributed by atoms with Crippen LogP contribution in [0.5, 0.6) is 0 Å². The Balaban J connectivity index is 2.09. The van der Waals surface area contributed by atoms with Crippen LogP contribution in [0, 0.1) is 5.82 Å². The van der Waals surface area contributed by atoms with Gasteiger partial charge in [0.15, 0.2) is 4.80 Å². The molecule has 0 saturated heterocycles. The number of carbonyl (C=O) groups excluding carboxylic acids is 1. The molecule has 0 atom stereocenters. The molecule has 0 fully saturated rings. The fraction of sp³-hybridized carbons (Fsp3) is 0.158. The van der Waals surface area contributed by atoms with Gasteiger partial charge >= 0.3 is 0 Å². The minimum atomic E-state index is -0.265. The maximum Gasteiger partial charge on any atom is 0.279 e. The van der Waals surface area contributed by atoms with E-state index in [2.05, 4.69) is 11.9 Å². The summed E-state index contributed by atoms with van der Waals surface area (Å²) < 4.78 is 15.1. The molecule has 0 aliphatic carbocycles. The zero-order valence-electron chi connectivity index (χ0n) is 13.5. The van der Waals surface area contributed by atoms with E-state index in [9.17, 15) is 9.18 Å². The molecule has 0 bridgehead atoms. The molecule has 3 rings (SSSR count). The van der Waals surface area contributed by atoms with Gasteiger partial charge in [-0.2, -0.15) is 4.99 Å².